The van der Waals surface area contributed by atoms with Gasteiger partial charge in [0, 0.05) is 17.4 Å². The lowest BCUT2D eigenvalue weighted by molar-refractivity contribution is 0.0107. The number of allylic oxidation sites excluding steroid dienone is 2. The Morgan fingerprint density at radius 3 is 2.75 bits per heavy atom. The molecule has 132 valence electrons. The predicted octanol–water partition coefficient (Wildman–Crippen LogP) is 6.04. The van der Waals surface area contributed by atoms with E-state index in [4.69, 9.17) is 9.47 Å². The summed E-state index contributed by atoms with van der Waals surface area (Å²) < 4.78 is 12.3. The molecule has 0 aromatic heterocycles. The van der Waals surface area contributed by atoms with Crippen LogP contribution in [0, 0.1) is 5.92 Å². The molecule has 1 aliphatic carbocycles. The van der Waals surface area contributed by atoms with Gasteiger partial charge in [0.1, 0.15) is 17.1 Å². The van der Waals surface area contributed by atoms with Crippen molar-refractivity contribution in [3.63, 3.8) is 0 Å². The number of aryl methyl sites for hydroxylation is 1. The van der Waals surface area contributed by atoms with Gasteiger partial charge in [0.2, 0.25) is 0 Å². The van der Waals surface area contributed by atoms with Crippen LogP contribution in [-0.4, -0.2) is 12.7 Å². The van der Waals surface area contributed by atoms with E-state index in [0.29, 0.717) is 11.8 Å². The summed E-state index contributed by atoms with van der Waals surface area (Å²) in [5.41, 5.74) is 3.97. The second kappa shape index (κ2) is 6.82. The summed E-state index contributed by atoms with van der Waals surface area (Å²) in [5.74, 6) is 2.99. The maximum atomic E-state index is 6.50. The molecule has 2 nitrogen and oxygen atoms in total. The molecular weight excluding hydrogens is 296 g/mol. The van der Waals surface area contributed by atoms with Crippen molar-refractivity contribution in [2.45, 2.75) is 77.7 Å². The van der Waals surface area contributed by atoms with Crippen LogP contribution in [0.4, 0.5) is 0 Å². The van der Waals surface area contributed by atoms with Gasteiger partial charge < -0.3 is 9.47 Å². The van der Waals surface area contributed by atoms with E-state index in [-0.39, 0.29) is 5.60 Å². The molecule has 1 heterocycles. The molecule has 1 aromatic carbocycles. The fraction of sp³-hybridized carbons (Fsp3) is 0.636. The Bertz CT molecular complexity index is 627. The summed E-state index contributed by atoms with van der Waals surface area (Å²) in [6, 6.07) is 4.51. The molecule has 1 aromatic rings. The number of rotatable bonds is 5. The average molecular weight is 328 g/mol. The molecule has 0 saturated heterocycles. The first-order valence-corrected chi connectivity index (χ1v) is 9.53. The molecular formula is C22H32O2. The summed E-state index contributed by atoms with van der Waals surface area (Å²) in [6.07, 6.45) is 9.69. The van der Waals surface area contributed by atoms with Crippen LogP contribution in [-0.2, 0) is 6.42 Å². The Kier molecular flexibility index (Phi) is 4.94. The van der Waals surface area contributed by atoms with E-state index in [0.717, 1.165) is 17.9 Å². The molecule has 3 rings (SSSR count). The van der Waals surface area contributed by atoms with Gasteiger partial charge in [0.25, 0.3) is 0 Å². The van der Waals surface area contributed by atoms with Gasteiger partial charge >= 0.3 is 0 Å². The van der Waals surface area contributed by atoms with E-state index in [9.17, 15) is 0 Å². The Balaban J connectivity index is 2.03. The number of benzene rings is 1. The van der Waals surface area contributed by atoms with E-state index >= 15 is 0 Å². The standard InChI is InChI=1S/C22H32O2/c1-6-7-8-9-16-13-19(23-5)21-17-12-15(2)10-11-18(17)22(3,4)24-20(21)14-16/h12-14,17-18H,6-11H2,1-5H3. The fourth-order valence-corrected chi connectivity index (χ4v) is 4.45. The van der Waals surface area contributed by atoms with Gasteiger partial charge in [-0.05, 0) is 64.2 Å². The number of unbranched alkanes of at least 4 members (excludes halogenated alkanes) is 2. The van der Waals surface area contributed by atoms with Crippen molar-refractivity contribution in [3.8, 4) is 11.5 Å². The molecule has 24 heavy (non-hydrogen) atoms. The average Bonchev–Trinajstić information content (AvgIpc) is 2.53. The number of methoxy groups -OCH3 is 1. The van der Waals surface area contributed by atoms with Crippen LogP contribution in [0.3, 0.4) is 0 Å². The van der Waals surface area contributed by atoms with Crippen LogP contribution in [0.2, 0.25) is 0 Å². The highest BCUT2D eigenvalue weighted by Gasteiger charge is 2.45. The van der Waals surface area contributed by atoms with Crippen molar-refractivity contribution in [2.24, 2.45) is 5.92 Å². The number of hydrogen-bond donors (Lipinski definition) is 0. The first-order valence-electron chi connectivity index (χ1n) is 9.53. The summed E-state index contributed by atoms with van der Waals surface area (Å²) in [5, 5.41) is 0. The van der Waals surface area contributed by atoms with Crippen molar-refractivity contribution < 1.29 is 9.47 Å². The van der Waals surface area contributed by atoms with Gasteiger partial charge in [0.15, 0.2) is 0 Å². The molecule has 0 fully saturated rings. The van der Waals surface area contributed by atoms with Crippen molar-refractivity contribution in [2.75, 3.05) is 7.11 Å². The Morgan fingerprint density at radius 2 is 2.04 bits per heavy atom. The lowest BCUT2D eigenvalue weighted by Crippen LogP contribution is -2.45. The molecule has 1 aliphatic heterocycles. The summed E-state index contributed by atoms with van der Waals surface area (Å²) >= 11 is 0. The molecule has 2 atom stereocenters. The number of hydrogen-bond acceptors (Lipinski definition) is 2. The minimum Gasteiger partial charge on any atom is -0.496 e. The maximum absolute atomic E-state index is 6.50. The highest BCUT2D eigenvalue weighted by atomic mass is 16.5. The fourth-order valence-electron chi connectivity index (χ4n) is 4.45. The second-order valence-corrected chi connectivity index (χ2v) is 8.06. The van der Waals surface area contributed by atoms with Gasteiger partial charge in [0.05, 0.1) is 7.11 Å². The number of ether oxygens (including phenoxy) is 2. The van der Waals surface area contributed by atoms with E-state index in [2.05, 4.69) is 45.9 Å². The monoisotopic (exact) mass is 328 g/mol. The van der Waals surface area contributed by atoms with Gasteiger partial charge in [-0.3, -0.25) is 0 Å². The van der Waals surface area contributed by atoms with Crippen LogP contribution in [0.5, 0.6) is 11.5 Å². The molecule has 0 radical (unpaired) electrons. The zero-order valence-electron chi connectivity index (χ0n) is 15.9. The Labute approximate surface area is 147 Å². The molecule has 2 aliphatic rings. The third-order valence-electron chi connectivity index (χ3n) is 5.80. The van der Waals surface area contributed by atoms with Crippen molar-refractivity contribution in [1.29, 1.82) is 0 Å². The number of fused-ring (bicyclic) bond motifs is 3. The van der Waals surface area contributed by atoms with Crippen LogP contribution in [0.25, 0.3) is 0 Å². The molecule has 2 heteroatoms. The minimum atomic E-state index is -0.123. The van der Waals surface area contributed by atoms with Gasteiger partial charge in [-0.25, -0.2) is 0 Å². The van der Waals surface area contributed by atoms with Gasteiger partial charge in [-0.1, -0.05) is 31.4 Å². The normalized spacial score (nSPS) is 24.5. The quantitative estimate of drug-likeness (QED) is 0.484. The molecule has 0 saturated carbocycles. The van der Waals surface area contributed by atoms with E-state index in [1.54, 1.807) is 7.11 Å². The van der Waals surface area contributed by atoms with Crippen molar-refractivity contribution in [3.05, 3.63) is 34.9 Å². The zero-order valence-corrected chi connectivity index (χ0v) is 15.9. The third kappa shape index (κ3) is 3.20. The Morgan fingerprint density at radius 1 is 1.25 bits per heavy atom. The largest absolute Gasteiger partial charge is 0.496 e. The van der Waals surface area contributed by atoms with E-state index in [1.165, 1.54) is 48.8 Å². The first-order chi connectivity index (χ1) is 11.5. The lowest BCUT2D eigenvalue weighted by atomic mass is 9.68. The van der Waals surface area contributed by atoms with Crippen LogP contribution >= 0.6 is 0 Å². The second-order valence-electron chi connectivity index (χ2n) is 8.06. The topological polar surface area (TPSA) is 18.5 Å². The predicted molar refractivity (Wildman–Crippen MR) is 100 cm³/mol. The molecule has 0 bridgehead atoms. The SMILES string of the molecule is CCCCCc1cc(OC)c2c(c1)OC(C)(C)C1CCC(C)=CC21. The molecule has 0 N–H and O–H groups in total. The zero-order chi connectivity index (χ0) is 17.3. The van der Waals surface area contributed by atoms with E-state index < -0.39 is 0 Å². The van der Waals surface area contributed by atoms with Crippen LogP contribution < -0.4 is 9.47 Å². The van der Waals surface area contributed by atoms with Gasteiger partial charge in [-0.2, -0.15) is 0 Å². The van der Waals surface area contributed by atoms with Crippen LogP contribution in [0.1, 0.15) is 76.8 Å². The summed E-state index contributed by atoms with van der Waals surface area (Å²) in [4.78, 5) is 0. The highest BCUT2D eigenvalue weighted by molar-refractivity contribution is 5.54. The smallest absolute Gasteiger partial charge is 0.127 e. The Hall–Kier alpha value is -1.44. The highest BCUT2D eigenvalue weighted by Crippen LogP contribution is 2.53. The third-order valence-corrected chi connectivity index (χ3v) is 5.80. The summed E-state index contributed by atoms with van der Waals surface area (Å²) in [7, 11) is 1.79. The maximum Gasteiger partial charge on any atom is 0.127 e. The van der Waals surface area contributed by atoms with Crippen LogP contribution in [0.15, 0.2) is 23.8 Å². The molecule has 2 unspecified atom stereocenters. The van der Waals surface area contributed by atoms with Gasteiger partial charge in [-0.15, -0.1) is 0 Å². The first kappa shape index (κ1) is 17.4. The minimum absolute atomic E-state index is 0.123. The van der Waals surface area contributed by atoms with Crippen molar-refractivity contribution in [1.82, 2.24) is 0 Å². The summed E-state index contributed by atoms with van der Waals surface area (Å²) in [6.45, 7) is 9.00. The van der Waals surface area contributed by atoms with Crippen molar-refractivity contribution >= 4 is 0 Å². The molecule has 0 spiro atoms. The lowest BCUT2D eigenvalue weighted by Gasteiger charge is -2.46. The van der Waals surface area contributed by atoms with E-state index in [1.807, 2.05) is 0 Å². The molecule has 0 amide bonds.